The molecule has 0 unspecified atom stereocenters. The maximum absolute atomic E-state index is 12.5. The van der Waals surface area contributed by atoms with Crippen LogP contribution in [0.15, 0.2) is 36.4 Å². The molecule has 1 saturated heterocycles. The molecule has 144 valence electrons. The van der Waals surface area contributed by atoms with E-state index in [1.807, 2.05) is 35.2 Å². The largest absolute Gasteiger partial charge is 0.474 e. The summed E-state index contributed by atoms with van der Waals surface area (Å²) in [7, 11) is 1.62. The zero-order valence-corrected chi connectivity index (χ0v) is 16.1. The third-order valence-corrected chi connectivity index (χ3v) is 4.64. The van der Waals surface area contributed by atoms with Crippen LogP contribution in [0.2, 0.25) is 5.02 Å². The SMILES string of the molecule is COCCOc1ccc(N2CCN(C(=O)Cc3ccc(Cl)cc3)CC2)nn1. The van der Waals surface area contributed by atoms with E-state index in [9.17, 15) is 4.79 Å². The molecule has 3 rings (SSSR count). The second kappa shape index (κ2) is 9.53. The summed E-state index contributed by atoms with van der Waals surface area (Å²) in [6.07, 6.45) is 0.393. The number of carbonyl (C=O) groups is 1. The first-order chi connectivity index (χ1) is 13.2. The molecule has 0 aliphatic carbocycles. The zero-order chi connectivity index (χ0) is 19.1. The molecule has 0 atom stereocenters. The van der Waals surface area contributed by atoms with Crippen LogP contribution in [0.3, 0.4) is 0 Å². The van der Waals surface area contributed by atoms with Gasteiger partial charge >= 0.3 is 0 Å². The van der Waals surface area contributed by atoms with Crippen LogP contribution >= 0.6 is 11.6 Å². The Kier molecular flexibility index (Phi) is 6.84. The number of piperazine rings is 1. The molecule has 8 heteroatoms. The highest BCUT2D eigenvalue weighted by Gasteiger charge is 2.22. The first-order valence-electron chi connectivity index (χ1n) is 8.88. The number of anilines is 1. The average molecular weight is 391 g/mol. The molecule has 1 aromatic heterocycles. The van der Waals surface area contributed by atoms with Crippen LogP contribution in [-0.4, -0.2) is 67.5 Å². The van der Waals surface area contributed by atoms with Gasteiger partial charge in [-0.3, -0.25) is 4.79 Å². The Balaban J connectivity index is 1.48. The molecule has 0 radical (unpaired) electrons. The molecular weight excluding hydrogens is 368 g/mol. The molecule has 27 heavy (non-hydrogen) atoms. The van der Waals surface area contributed by atoms with E-state index in [1.54, 1.807) is 13.2 Å². The number of benzene rings is 1. The van der Waals surface area contributed by atoms with Gasteiger partial charge in [-0.15, -0.1) is 10.2 Å². The normalized spacial score (nSPS) is 14.3. The molecule has 1 fully saturated rings. The highest BCUT2D eigenvalue weighted by atomic mass is 35.5. The number of nitrogens with zero attached hydrogens (tertiary/aromatic N) is 4. The van der Waals surface area contributed by atoms with Gasteiger partial charge in [-0.25, -0.2) is 0 Å². The van der Waals surface area contributed by atoms with E-state index in [0.717, 1.165) is 24.5 Å². The van der Waals surface area contributed by atoms with E-state index >= 15 is 0 Å². The molecule has 7 nitrogen and oxygen atoms in total. The lowest BCUT2D eigenvalue weighted by Crippen LogP contribution is -2.49. The fraction of sp³-hybridized carbons (Fsp3) is 0.421. The number of methoxy groups -OCH3 is 1. The van der Waals surface area contributed by atoms with Gasteiger partial charge in [0.2, 0.25) is 11.8 Å². The number of rotatable bonds is 7. The minimum atomic E-state index is 0.130. The van der Waals surface area contributed by atoms with Gasteiger partial charge < -0.3 is 19.3 Å². The maximum atomic E-state index is 12.5. The molecule has 1 amide bonds. The van der Waals surface area contributed by atoms with Crippen molar-refractivity contribution in [2.45, 2.75) is 6.42 Å². The summed E-state index contributed by atoms with van der Waals surface area (Å²) in [4.78, 5) is 16.5. The molecule has 0 spiro atoms. The van der Waals surface area contributed by atoms with E-state index in [4.69, 9.17) is 21.1 Å². The summed E-state index contributed by atoms with van der Waals surface area (Å²) in [6, 6.07) is 11.1. The predicted octanol–water partition coefficient (Wildman–Crippen LogP) is 2.05. The minimum absolute atomic E-state index is 0.130. The minimum Gasteiger partial charge on any atom is -0.474 e. The molecule has 2 aromatic rings. The third-order valence-electron chi connectivity index (χ3n) is 4.39. The van der Waals surface area contributed by atoms with Gasteiger partial charge in [0.25, 0.3) is 0 Å². The molecule has 0 saturated carbocycles. The smallest absolute Gasteiger partial charge is 0.233 e. The van der Waals surface area contributed by atoms with Gasteiger partial charge in [0.15, 0.2) is 5.82 Å². The third kappa shape index (κ3) is 5.55. The Morgan fingerprint density at radius 1 is 1.04 bits per heavy atom. The van der Waals surface area contributed by atoms with Gasteiger partial charge in [0.1, 0.15) is 6.61 Å². The van der Waals surface area contributed by atoms with E-state index < -0.39 is 0 Å². The van der Waals surface area contributed by atoms with Crippen molar-refractivity contribution in [1.82, 2.24) is 15.1 Å². The van der Waals surface area contributed by atoms with E-state index in [1.165, 1.54) is 0 Å². The highest BCUT2D eigenvalue weighted by molar-refractivity contribution is 6.30. The predicted molar refractivity (Wildman–Crippen MR) is 103 cm³/mol. The molecule has 0 N–H and O–H groups in total. The summed E-state index contributed by atoms with van der Waals surface area (Å²) in [6.45, 7) is 3.74. The first kappa shape index (κ1) is 19.4. The molecular formula is C19H23ClN4O3. The Morgan fingerprint density at radius 3 is 2.41 bits per heavy atom. The molecule has 2 heterocycles. The van der Waals surface area contributed by atoms with Crippen LogP contribution in [0.4, 0.5) is 5.82 Å². The van der Waals surface area contributed by atoms with E-state index in [2.05, 4.69) is 15.1 Å². The fourth-order valence-corrected chi connectivity index (χ4v) is 2.99. The number of carbonyl (C=O) groups excluding carboxylic acids is 1. The van der Waals surface area contributed by atoms with Crippen molar-refractivity contribution in [3.8, 4) is 5.88 Å². The van der Waals surface area contributed by atoms with Gasteiger partial charge in [-0.1, -0.05) is 23.7 Å². The standard InChI is InChI=1S/C19H23ClN4O3/c1-26-12-13-27-18-7-6-17(21-22-18)23-8-10-24(11-9-23)19(25)14-15-2-4-16(20)5-3-15/h2-7H,8-14H2,1H3. The quantitative estimate of drug-likeness (QED) is 0.674. The van der Waals surface area contributed by atoms with Gasteiger partial charge in [0.05, 0.1) is 13.0 Å². The Bertz CT molecular complexity index is 732. The first-order valence-corrected chi connectivity index (χ1v) is 9.26. The highest BCUT2D eigenvalue weighted by Crippen LogP contribution is 2.16. The van der Waals surface area contributed by atoms with Gasteiger partial charge in [-0.2, -0.15) is 0 Å². The fourth-order valence-electron chi connectivity index (χ4n) is 2.86. The number of hydrogen-bond donors (Lipinski definition) is 0. The van der Waals surface area contributed by atoms with Crippen molar-refractivity contribution in [3.05, 3.63) is 47.0 Å². The summed E-state index contributed by atoms with van der Waals surface area (Å²) in [5, 5.41) is 8.98. The Hall–Kier alpha value is -2.38. The number of amides is 1. The maximum Gasteiger partial charge on any atom is 0.233 e. The number of halogens is 1. The van der Waals surface area contributed by atoms with Crippen molar-refractivity contribution in [2.75, 3.05) is 51.4 Å². The summed E-state index contributed by atoms with van der Waals surface area (Å²) in [5.41, 5.74) is 0.974. The van der Waals surface area contributed by atoms with Crippen LogP contribution in [0, 0.1) is 0 Å². The lowest BCUT2D eigenvalue weighted by molar-refractivity contribution is -0.130. The van der Waals surface area contributed by atoms with E-state index in [-0.39, 0.29) is 5.91 Å². The molecule has 0 bridgehead atoms. The second-order valence-electron chi connectivity index (χ2n) is 6.24. The van der Waals surface area contributed by atoms with Crippen LogP contribution < -0.4 is 9.64 Å². The van der Waals surface area contributed by atoms with E-state index in [0.29, 0.717) is 43.6 Å². The van der Waals surface area contributed by atoms with Crippen molar-refractivity contribution in [1.29, 1.82) is 0 Å². The lowest BCUT2D eigenvalue weighted by atomic mass is 10.1. The molecule has 1 aromatic carbocycles. The number of ether oxygens (including phenoxy) is 2. The Morgan fingerprint density at radius 2 is 1.78 bits per heavy atom. The van der Waals surface area contributed by atoms with Gasteiger partial charge in [0, 0.05) is 44.4 Å². The summed E-state index contributed by atoms with van der Waals surface area (Å²) >= 11 is 5.89. The van der Waals surface area contributed by atoms with Crippen LogP contribution in [0.25, 0.3) is 0 Å². The lowest BCUT2D eigenvalue weighted by Gasteiger charge is -2.35. The second-order valence-corrected chi connectivity index (χ2v) is 6.68. The average Bonchev–Trinajstić information content (AvgIpc) is 2.70. The van der Waals surface area contributed by atoms with Crippen LogP contribution in [0.1, 0.15) is 5.56 Å². The van der Waals surface area contributed by atoms with Crippen molar-refractivity contribution < 1.29 is 14.3 Å². The molecule has 1 aliphatic rings. The topological polar surface area (TPSA) is 67.8 Å². The van der Waals surface area contributed by atoms with Crippen molar-refractivity contribution in [2.24, 2.45) is 0 Å². The number of aromatic nitrogens is 2. The summed E-state index contributed by atoms with van der Waals surface area (Å²) < 4.78 is 10.4. The van der Waals surface area contributed by atoms with Crippen LogP contribution in [0.5, 0.6) is 5.88 Å². The summed E-state index contributed by atoms with van der Waals surface area (Å²) in [5.74, 6) is 1.40. The van der Waals surface area contributed by atoms with Crippen molar-refractivity contribution >= 4 is 23.3 Å². The zero-order valence-electron chi connectivity index (χ0n) is 15.3. The Labute approximate surface area is 163 Å². The van der Waals surface area contributed by atoms with Gasteiger partial charge in [-0.05, 0) is 23.8 Å². The molecule has 1 aliphatic heterocycles. The van der Waals surface area contributed by atoms with Crippen molar-refractivity contribution in [3.63, 3.8) is 0 Å². The van der Waals surface area contributed by atoms with Crippen LogP contribution in [-0.2, 0) is 16.0 Å². The number of hydrogen-bond acceptors (Lipinski definition) is 6. The monoisotopic (exact) mass is 390 g/mol.